The summed E-state index contributed by atoms with van der Waals surface area (Å²) in [6.45, 7) is 4.24. The van der Waals surface area contributed by atoms with Gasteiger partial charge in [0.15, 0.2) is 0 Å². The molecule has 0 saturated heterocycles. The van der Waals surface area contributed by atoms with E-state index in [4.69, 9.17) is 0 Å². The van der Waals surface area contributed by atoms with Crippen LogP contribution in [0.1, 0.15) is 11.1 Å². The number of hydrogen-bond donors (Lipinski definition) is 0. The van der Waals surface area contributed by atoms with E-state index in [1.165, 1.54) is 11.1 Å². The average Bonchev–Trinajstić information content (AvgIpc) is 1.77. The van der Waals surface area contributed by atoms with E-state index in [9.17, 15) is 0 Å². The zero-order chi connectivity index (χ0) is 5.98. The molecule has 50 valence electrons. The summed E-state index contributed by atoms with van der Waals surface area (Å²) in [7, 11) is 0. The molecule has 0 N–H and O–H groups in total. The van der Waals surface area contributed by atoms with Crippen molar-refractivity contribution in [1.82, 2.24) is 0 Å². The van der Waals surface area contributed by atoms with E-state index >= 15 is 0 Å². The Kier molecular flexibility index (Phi) is 6.96. The number of rotatable bonds is 0. The molecule has 10 heavy (non-hydrogen) atoms. The van der Waals surface area contributed by atoms with Crippen molar-refractivity contribution < 1.29 is 25.0 Å². The van der Waals surface area contributed by atoms with Gasteiger partial charge in [-0.3, -0.25) is 0 Å². The fourth-order valence-electron chi connectivity index (χ4n) is 0.663. The molecule has 0 spiro atoms. The Labute approximate surface area is 74.5 Å². The van der Waals surface area contributed by atoms with Crippen LogP contribution in [0.4, 0.5) is 0 Å². The molecule has 1 aromatic rings. The quantitative estimate of drug-likeness (QED) is 0.557. The van der Waals surface area contributed by atoms with Crippen molar-refractivity contribution >= 4 is 0 Å². The summed E-state index contributed by atoms with van der Waals surface area (Å²) in [5.41, 5.74) is 2.74. The summed E-state index contributed by atoms with van der Waals surface area (Å²) in [6.07, 6.45) is 0. The van der Waals surface area contributed by atoms with Gasteiger partial charge in [-0.15, -0.1) is 0 Å². The summed E-state index contributed by atoms with van der Waals surface area (Å²) >= 11 is 0. The van der Waals surface area contributed by atoms with Gasteiger partial charge < -0.3 is 5.48 Å². The van der Waals surface area contributed by atoms with Crippen LogP contribution >= 0.6 is 0 Å². The summed E-state index contributed by atoms with van der Waals surface area (Å²) in [6, 6.07) is 8.36. The number of aryl methyl sites for hydroxylation is 2. The topological polar surface area (TPSA) is 28.5 Å². The van der Waals surface area contributed by atoms with Crippen LogP contribution in [0.5, 0.6) is 0 Å². The minimum atomic E-state index is 0. The molecule has 0 bridgehead atoms. The Morgan fingerprint density at radius 1 is 0.900 bits per heavy atom. The molecule has 2 heteroatoms. The monoisotopic (exact) mass is 186 g/mol. The van der Waals surface area contributed by atoms with Crippen LogP contribution in [-0.4, -0.2) is 0 Å². The van der Waals surface area contributed by atoms with Gasteiger partial charge in [0, 0.05) is 0 Å². The van der Waals surface area contributed by atoms with Crippen molar-refractivity contribution in [2.75, 3.05) is 0 Å². The number of benzene rings is 1. The van der Waals surface area contributed by atoms with Crippen LogP contribution in [0.3, 0.4) is 0 Å². The third-order valence-corrected chi connectivity index (χ3v) is 1.43. The third-order valence-electron chi connectivity index (χ3n) is 1.43. The van der Waals surface area contributed by atoms with Gasteiger partial charge in [0.2, 0.25) is 0 Å². The van der Waals surface area contributed by atoms with E-state index in [-0.39, 0.29) is 25.0 Å². The Morgan fingerprint density at radius 2 is 1.20 bits per heavy atom. The van der Waals surface area contributed by atoms with E-state index in [0.29, 0.717) is 0 Å². The van der Waals surface area contributed by atoms with Gasteiger partial charge in [0.1, 0.15) is 0 Å². The molecule has 0 aliphatic carbocycles. The van der Waals surface area contributed by atoms with Gasteiger partial charge in [-0.05, 0) is 25.0 Å². The average molecular weight is 188 g/mol. The van der Waals surface area contributed by atoms with Gasteiger partial charge in [0.05, 0.1) is 0 Å². The van der Waals surface area contributed by atoms with Crippen LogP contribution < -0.4 is 0 Å². The van der Waals surface area contributed by atoms with Crippen LogP contribution in [0.25, 0.3) is 0 Å². The van der Waals surface area contributed by atoms with Crippen molar-refractivity contribution in [3.63, 3.8) is 0 Å². The smallest absolute Gasteiger partial charge is 2.00 e. The summed E-state index contributed by atoms with van der Waals surface area (Å²) in [5.74, 6) is 0. The number of hydrogen-bond acceptors (Lipinski definition) is 0. The molecule has 0 aromatic heterocycles. The van der Waals surface area contributed by atoms with Gasteiger partial charge in [-0.2, -0.15) is 0 Å². The predicted molar refractivity (Wildman–Crippen MR) is 36.6 cm³/mol. The molecule has 0 amide bonds. The van der Waals surface area contributed by atoms with E-state index < -0.39 is 0 Å². The first-order valence-corrected chi connectivity index (χ1v) is 2.83. The van der Waals surface area contributed by atoms with Gasteiger partial charge >= 0.3 is 19.5 Å². The Morgan fingerprint density at radius 3 is 1.40 bits per heavy atom. The zero-order valence-corrected chi connectivity index (χ0v) is 9.39. The maximum absolute atomic E-state index is 2.12. The van der Waals surface area contributed by atoms with Gasteiger partial charge in [-0.1, -0.05) is 24.3 Å². The SMILES string of the molecule is Cc1ccccc1C.[O-2].[Zn+2]. The summed E-state index contributed by atoms with van der Waals surface area (Å²) < 4.78 is 0. The van der Waals surface area contributed by atoms with E-state index in [0.717, 1.165) is 0 Å². The molecule has 1 aromatic carbocycles. The zero-order valence-electron chi connectivity index (χ0n) is 6.42. The predicted octanol–water partition coefficient (Wildman–Crippen LogP) is 2.18. The minimum absolute atomic E-state index is 0. The second-order valence-electron chi connectivity index (χ2n) is 2.08. The van der Waals surface area contributed by atoms with Gasteiger partial charge in [-0.25, -0.2) is 0 Å². The molecule has 0 aliphatic rings. The van der Waals surface area contributed by atoms with Crippen molar-refractivity contribution in [2.24, 2.45) is 0 Å². The molecular formula is C8H10OZn. The molecule has 1 nitrogen and oxygen atoms in total. The Hall–Kier alpha value is -0.197. The van der Waals surface area contributed by atoms with E-state index in [1.54, 1.807) is 0 Å². The van der Waals surface area contributed by atoms with Crippen LogP contribution in [0.2, 0.25) is 0 Å². The first-order valence-electron chi connectivity index (χ1n) is 2.83. The second kappa shape index (κ2) is 5.58. The summed E-state index contributed by atoms with van der Waals surface area (Å²) in [4.78, 5) is 0. The molecule has 0 aliphatic heterocycles. The molecule has 1 rings (SSSR count). The van der Waals surface area contributed by atoms with Crippen molar-refractivity contribution in [1.29, 1.82) is 0 Å². The van der Waals surface area contributed by atoms with Crippen molar-refractivity contribution in [3.8, 4) is 0 Å². The first-order chi connectivity index (χ1) is 3.80. The molecule has 0 heterocycles. The molecule has 0 fully saturated rings. The molecule has 0 radical (unpaired) electrons. The van der Waals surface area contributed by atoms with E-state index in [1.807, 2.05) is 0 Å². The van der Waals surface area contributed by atoms with Crippen molar-refractivity contribution in [3.05, 3.63) is 35.4 Å². The fraction of sp³-hybridized carbons (Fsp3) is 0.250. The first kappa shape index (κ1) is 12.5. The molecular weight excluding hydrogens is 177 g/mol. The second-order valence-corrected chi connectivity index (χ2v) is 2.08. The standard InChI is InChI=1S/C8H10.O.Zn/c1-7-5-3-4-6-8(7)2;;/h3-6H,1-2H3;;/q;-2;+2. The van der Waals surface area contributed by atoms with E-state index in [2.05, 4.69) is 38.1 Å². The molecule has 0 atom stereocenters. The largest absolute Gasteiger partial charge is 2.00 e. The van der Waals surface area contributed by atoms with Crippen LogP contribution in [0, 0.1) is 13.8 Å². The Bertz CT molecular complexity index is 165. The summed E-state index contributed by atoms with van der Waals surface area (Å²) in [5, 5.41) is 0. The maximum Gasteiger partial charge on any atom is 2.00 e. The molecule has 0 saturated carbocycles. The molecule has 0 unspecified atom stereocenters. The third kappa shape index (κ3) is 3.09. The van der Waals surface area contributed by atoms with Crippen molar-refractivity contribution in [2.45, 2.75) is 13.8 Å². The fourth-order valence-corrected chi connectivity index (χ4v) is 0.663. The van der Waals surface area contributed by atoms with Gasteiger partial charge in [0.25, 0.3) is 0 Å². The normalized spacial score (nSPS) is 7.40. The minimum Gasteiger partial charge on any atom is -2.00 e. The Balaban J connectivity index is 0. The van der Waals surface area contributed by atoms with Crippen LogP contribution in [-0.2, 0) is 25.0 Å². The maximum atomic E-state index is 2.12. The van der Waals surface area contributed by atoms with Crippen LogP contribution in [0.15, 0.2) is 24.3 Å².